The Morgan fingerprint density at radius 3 is 2.79 bits per heavy atom. The van der Waals surface area contributed by atoms with Crippen LogP contribution in [0.2, 0.25) is 0 Å². The molecule has 0 amide bonds. The van der Waals surface area contributed by atoms with E-state index in [9.17, 15) is 0 Å². The monoisotopic (exact) mass is 255 g/mol. The Hall–Kier alpha value is -1.61. The number of para-hydroxylation sites is 1. The van der Waals surface area contributed by atoms with Gasteiger partial charge in [-0.1, -0.05) is 31.0 Å². The molecule has 0 spiro atoms. The van der Waals surface area contributed by atoms with Crippen LogP contribution in [0.15, 0.2) is 42.6 Å². The Morgan fingerprint density at radius 1 is 1.11 bits per heavy atom. The molecule has 3 rings (SSSR count). The highest BCUT2D eigenvalue weighted by Crippen LogP contribution is 2.30. The molecule has 1 aromatic carbocycles. The van der Waals surface area contributed by atoms with Crippen molar-refractivity contribution in [3.63, 3.8) is 0 Å². The molecule has 1 fully saturated rings. The average Bonchev–Trinajstić information content (AvgIpc) is 2.84. The lowest BCUT2D eigenvalue weighted by Gasteiger charge is -2.30. The molecule has 1 atom stereocenters. The summed E-state index contributed by atoms with van der Waals surface area (Å²) in [7, 11) is 0. The fourth-order valence-corrected chi connectivity index (χ4v) is 2.95. The van der Waals surface area contributed by atoms with Crippen molar-refractivity contribution < 1.29 is 0 Å². The predicted octanol–water partition coefficient (Wildman–Crippen LogP) is 3.25. The third-order valence-electron chi connectivity index (χ3n) is 4.08. The van der Waals surface area contributed by atoms with Gasteiger partial charge < -0.3 is 5.32 Å². The van der Waals surface area contributed by atoms with Gasteiger partial charge in [0, 0.05) is 6.20 Å². The van der Waals surface area contributed by atoms with Gasteiger partial charge in [0.15, 0.2) is 0 Å². The van der Waals surface area contributed by atoms with Gasteiger partial charge in [-0.15, -0.1) is 0 Å². The van der Waals surface area contributed by atoms with E-state index in [0.717, 1.165) is 12.2 Å². The van der Waals surface area contributed by atoms with Crippen molar-refractivity contribution in [1.82, 2.24) is 15.1 Å². The molecular weight excluding hydrogens is 234 g/mol. The Bertz CT molecular complexity index is 522. The van der Waals surface area contributed by atoms with Gasteiger partial charge in [-0.2, -0.15) is 5.10 Å². The normalized spacial score (nSPS) is 24.1. The molecule has 3 heteroatoms. The number of nitrogens with one attached hydrogen (secondary N) is 1. The summed E-state index contributed by atoms with van der Waals surface area (Å²) in [4.78, 5) is 0. The van der Waals surface area contributed by atoms with E-state index in [4.69, 9.17) is 0 Å². The molecule has 100 valence electrons. The zero-order chi connectivity index (χ0) is 13.1. The molecule has 1 aromatic heterocycles. The summed E-state index contributed by atoms with van der Waals surface area (Å²) >= 11 is 0. The first-order chi connectivity index (χ1) is 9.30. The minimum atomic E-state index is 0.0306. The first-order valence-electron chi connectivity index (χ1n) is 7.15. The van der Waals surface area contributed by atoms with Crippen molar-refractivity contribution in [1.29, 1.82) is 0 Å². The SMILES string of the molecule is CC1(c2ccnn2-c2ccccc2)CCCCCN1. The number of nitrogens with zero attached hydrogens (tertiary/aromatic N) is 2. The summed E-state index contributed by atoms with van der Waals surface area (Å²) in [6.07, 6.45) is 6.95. The summed E-state index contributed by atoms with van der Waals surface area (Å²) in [5.41, 5.74) is 2.43. The van der Waals surface area contributed by atoms with Gasteiger partial charge in [0.25, 0.3) is 0 Å². The second kappa shape index (κ2) is 5.17. The van der Waals surface area contributed by atoms with Crippen LogP contribution >= 0.6 is 0 Å². The maximum atomic E-state index is 4.51. The second-order valence-electron chi connectivity index (χ2n) is 5.53. The fraction of sp³-hybridized carbons (Fsp3) is 0.438. The minimum absolute atomic E-state index is 0.0306. The van der Waals surface area contributed by atoms with Crippen LogP contribution < -0.4 is 5.32 Å². The molecule has 0 aliphatic carbocycles. The highest BCUT2D eigenvalue weighted by atomic mass is 15.3. The molecule has 0 bridgehead atoms. The lowest BCUT2D eigenvalue weighted by Crippen LogP contribution is -2.40. The Kier molecular flexibility index (Phi) is 3.38. The maximum Gasteiger partial charge on any atom is 0.0649 e. The predicted molar refractivity (Wildman–Crippen MR) is 77.4 cm³/mol. The number of rotatable bonds is 2. The average molecular weight is 255 g/mol. The summed E-state index contributed by atoms with van der Waals surface area (Å²) < 4.78 is 2.07. The third kappa shape index (κ3) is 2.43. The minimum Gasteiger partial charge on any atom is -0.306 e. The van der Waals surface area contributed by atoms with Gasteiger partial charge in [-0.3, -0.25) is 0 Å². The summed E-state index contributed by atoms with van der Waals surface area (Å²) in [5, 5.41) is 8.22. The standard InChI is InChI=1S/C16H21N3/c1-16(11-6-3-7-12-17-16)15-10-13-18-19(15)14-8-4-2-5-9-14/h2,4-5,8-10,13,17H,3,6-7,11-12H2,1H3. The van der Waals surface area contributed by atoms with E-state index in [1.807, 2.05) is 12.3 Å². The van der Waals surface area contributed by atoms with Gasteiger partial charge in [-0.05, 0) is 44.5 Å². The van der Waals surface area contributed by atoms with Crippen molar-refractivity contribution in [3.05, 3.63) is 48.3 Å². The van der Waals surface area contributed by atoms with E-state index in [-0.39, 0.29) is 5.54 Å². The fourth-order valence-electron chi connectivity index (χ4n) is 2.95. The van der Waals surface area contributed by atoms with Gasteiger partial charge in [0.2, 0.25) is 0 Å². The highest BCUT2D eigenvalue weighted by Gasteiger charge is 2.30. The molecule has 1 saturated heterocycles. The smallest absolute Gasteiger partial charge is 0.0649 e. The molecule has 0 saturated carbocycles. The van der Waals surface area contributed by atoms with Crippen molar-refractivity contribution >= 4 is 0 Å². The van der Waals surface area contributed by atoms with Crippen molar-refractivity contribution in [2.45, 2.75) is 38.1 Å². The zero-order valence-corrected chi connectivity index (χ0v) is 11.5. The zero-order valence-electron chi connectivity index (χ0n) is 11.5. The van der Waals surface area contributed by atoms with E-state index in [1.165, 1.54) is 31.4 Å². The van der Waals surface area contributed by atoms with E-state index in [1.54, 1.807) is 0 Å². The van der Waals surface area contributed by atoms with Gasteiger partial charge in [-0.25, -0.2) is 4.68 Å². The first kappa shape index (κ1) is 12.4. The number of hydrogen-bond donors (Lipinski definition) is 1. The molecule has 0 radical (unpaired) electrons. The van der Waals surface area contributed by atoms with Crippen LogP contribution in [-0.2, 0) is 5.54 Å². The molecule has 1 N–H and O–H groups in total. The number of hydrogen-bond acceptors (Lipinski definition) is 2. The quantitative estimate of drug-likeness (QED) is 0.892. The van der Waals surface area contributed by atoms with E-state index >= 15 is 0 Å². The number of aromatic nitrogens is 2. The van der Waals surface area contributed by atoms with E-state index in [2.05, 4.69) is 52.4 Å². The Morgan fingerprint density at radius 2 is 1.95 bits per heavy atom. The van der Waals surface area contributed by atoms with Crippen LogP contribution in [0, 0.1) is 0 Å². The molecule has 1 aliphatic rings. The summed E-state index contributed by atoms with van der Waals surface area (Å²) in [6, 6.07) is 12.5. The number of benzene rings is 1. The Labute approximate surface area is 114 Å². The summed E-state index contributed by atoms with van der Waals surface area (Å²) in [6.45, 7) is 3.39. The molecule has 1 unspecified atom stereocenters. The van der Waals surface area contributed by atoms with E-state index in [0.29, 0.717) is 0 Å². The first-order valence-corrected chi connectivity index (χ1v) is 7.15. The molecule has 2 heterocycles. The van der Waals surface area contributed by atoms with Crippen LogP contribution in [-0.4, -0.2) is 16.3 Å². The van der Waals surface area contributed by atoms with Crippen LogP contribution in [0.3, 0.4) is 0 Å². The topological polar surface area (TPSA) is 29.9 Å². The maximum absolute atomic E-state index is 4.51. The Balaban J connectivity index is 1.99. The van der Waals surface area contributed by atoms with Crippen LogP contribution in [0.25, 0.3) is 5.69 Å². The van der Waals surface area contributed by atoms with Gasteiger partial charge in [0.1, 0.15) is 0 Å². The van der Waals surface area contributed by atoms with Crippen LogP contribution in [0.4, 0.5) is 0 Å². The third-order valence-corrected chi connectivity index (χ3v) is 4.08. The summed E-state index contributed by atoms with van der Waals surface area (Å²) in [5.74, 6) is 0. The lowest BCUT2D eigenvalue weighted by atomic mass is 9.92. The molecule has 2 aromatic rings. The van der Waals surface area contributed by atoms with Crippen molar-refractivity contribution in [3.8, 4) is 5.69 Å². The van der Waals surface area contributed by atoms with Crippen molar-refractivity contribution in [2.75, 3.05) is 6.54 Å². The largest absolute Gasteiger partial charge is 0.306 e. The second-order valence-corrected chi connectivity index (χ2v) is 5.53. The van der Waals surface area contributed by atoms with E-state index < -0.39 is 0 Å². The van der Waals surface area contributed by atoms with Crippen LogP contribution in [0.1, 0.15) is 38.3 Å². The van der Waals surface area contributed by atoms with Crippen LogP contribution in [0.5, 0.6) is 0 Å². The molecule has 19 heavy (non-hydrogen) atoms. The van der Waals surface area contributed by atoms with Crippen molar-refractivity contribution in [2.24, 2.45) is 0 Å². The molecular formula is C16H21N3. The lowest BCUT2D eigenvalue weighted by molar-refractivity contribution is 0.341. The molecule has 3 nitrogen and oxygen atoms in total. The molecule has 1 aliphatic heterocycles. The highest BCUT2D eigenvalue weighted by molar-refractivity contribution is 5.34. The van der Waals surface area contributed by atoms with Gasteiger partial charge >= 0.3 is 0 Å². The van der Waals surface area contributed by atoms with Gasteiger partial charge in [0.05, 0.1) is 16.9 Å².